The van der Waals surface area contributed by atoms with E-state index in [-0.39, 0.29) is 5.41 Å². The fraction of sp³-hybridized carbons (Fsp3) is 0.783. The number of anilines is 1. The lowest BCUT2D eigenvalue weighted by Gasteiger charge is -2.45. The van der Waals surface area contributed by atoms with Gasteiger partial charge in [0.2, 0.25) is 0 Å². The fourth-order valence-corrected chi connectivity index (χ4v) is 4.44. The van der Waals surface area contributed by atoms with Crippen LogP contribution in [-0.2, 0) is 10.2 Å². The van der Waals surface area contributed by atoms with Crippen LogP contribution in [0.4, 0.5) is 5.82 Å². The Morgan fingerprint density at radius 1 is 1.07 bits per heavy atom. The molecule has 6 nitrogen and oxygen atoms in total. The molecular formula is C23H41N5O. The summed E-state index contributed by atoms with van der Waals surface area (Å²) in [5.41, 5.74) is 1.50. The number of nitrogens with one attached hydrogen (secondary N) is 1. The van der Waals surface area contributed by atoms with Crippen molar-refractivity contribution in [2.75, 3.05) is 70.5 Å². The summed E-state index contributed by atoms with van der Waals surface area (Å²) >= 11 is 0. The van der Waals surface area contributed by atoms with Gasteiger partial charge in [0.15, 0.2) is 0 Å². The highest BCUT2D eigenvalue weighted by Crippen LogP contribution is 2.27. The van der Waals surface area contributed by atoms with Crippen LogP contribution < -0.4 is 10.2 Å². The number of hydrogen-bond donors (Lipinski definition) is 1. The van der Waals surface area contributed by atoms with Crippen LogP contribution in [-0.4, -0.2) is 92.4 Å². The first kappa shape index (κ1) is 22.5. The summed E-state index contributed by atoms with van der Waals surface area (Å²) in [6.45, 7) is 21.7. The van der Waals surface area contributed by atoms with Crippen LogP contribution in [0, 0.1) is 0 Å². The molecule has 3 heterocycles. The highest BCUT2D eigenvalue weighted by molar-refractivity contribution is 5.44. The molecule has 0 aliphatic carbocycles. The van der Waals surface area contributed by atoms with Crippen LogP contribution in [0.15, 0.2) is 18.3 Å². The van der Waals surface area contributed by atoms with Crippen molar-refractivity contribution in [2.24, 2.45) is 0 Å². The van der Waals surface area contributed by atoms with Gasteiger partial charge in [-0.1, -0.05) is 20.8 Å². The second-order valence-electron chi connectivity index (χ2n) is 9.70. The molecule has 2 aliphatic rings. The predicted octanol–water partition coefficient (Wildman–Crippen LogP) is 2.20. The van der Waals surface area contributed by atoms with Crippen molar-refractivity contribution in [3.05, 3.63) is 23.9 Å². The third-order valence-corrected chi connectivity index (χ3v) is 6.29. The van der Waals surface area contributed by atoms with Gasteiger partial charge in [0.25, 0.3) is 0 Å². The van der Waals surface area contributed by atoms with Gasteiger partial charge in [-0.3, -0.25) is 9.80 Å². The van der Waals surface area contributed by atoms with Crippen molar-refractivity contribution in [1.82, 2.24) is 20.1 Å². The molecule has 1 aromatic rings. The number of hydrogen-bond acceptors (Lipinski definition) is 6. The van der Waals surface area contributed by atoms with E-state index in [0.717, 1.165) is 71.4 Å². The van der Waals surface area contributed by atoms with Crippen LogP contribution in [0.1, 0.15) is 40.2 Å². The first-order valence-corrected chi connectivity index (χ1v) is 11.3. The monoisotopic (exact) mass is 403 g/mol. The standard InChI is InChI=1S/C23H41N5O/c1-19-17-27(22-16-21(6-7-25-22)23(3,4)5)18-20(2)28(19)13-15-29-14-12-26-10-8-24-9-11-26/h6-7,16,19-20,24H,8-15,17-18H2,1-5H3/t19-,20+. The van der Waals surface area contributed by atoms with E-state index in [2.05, 4.69) is 71.8 Å². The van der Waals surface area contributed by atoms with Gasteiger partial charge in [-0.2, -0.15) is 0 Å². The molecule has 0 unspecified atom stereocenters. The number of ether oxygens (including phenoxy) is 1. The van der Waals surface area contributed by atoms with Gasteiger partial charge in [-0.15, -0.1) is 0 Å². The largest absolute Gasteiger partial charge is 0.379 e. The molecule has 2 atom stereocenters. The Kier molecular flexibility index (Phi) is 7.91. The van der Waals surface area contributed by atoms with Gasteiger partial charge in [-0.05, 0) is 37.0 Å². The van der Waals surface area contributed by atoms with Gasteiger partial charge in [0.05, 0.1) is 13.2 Å². The van der Waals surface area contributed by atoms with Gasteiger partial charge in [0.1, 0.15) is 5.82 Å². The first-order valence-electron chi connectivity index (χ1n) is 11.3. The van der Waals surface area contributed by atoms with Crippen molar-refractivity contribution in [2.45, 2.75) is 52.1 Å². The average Bonchev–Trinajstić information content (AvgIpc) is 2.69. The van der Waals surface area contributed by atoms with Crippen molar-refractivity contribution in [3.63, 3.8) is 0 Å². The fourth-order valence-electron chi connectivity index (χ4n) is 4.44. The molecular weight excluding hydrogens is 362 g/mol. The number of nitrogens with zero attached hydrogens (tertiary/aromatic N) is 4. The maximum Gasteiger partial charge on any atom is 0.128 e. The highest BCUT2D eigenvalue weighted by atomic mass is 16.5. The zero-order valence-corrected chi connectivity index (χ0v) is 19.2. The summed E-state index contributed by atoms with van der Waals surface area (Å²) in [4.78, 5) is 12.2. The Labute approximate surface area is 177 Å². The second-order valence-corrected chi connectivity index (χ2v) is 9.70. The summed E-state index contributed by atoms with van der Waals surface area (Å²) in [5, 5.41) is 3.40. The lowest BCUT2D eigenvalue weighted by atomic mass is 9.87. The minimum atomic E-state index is 0.152. The van der Waals surface area contributed by atoms with Crippen molar-refractivity contribution < 1.29 is 4.74 Å². The van der Waals surface area contributed by atoms with Gasteiger partial charge in [-0.25, -0.2) is 4.98 Å². The summed E-state index contributed by atoms with van der Waals surface area (Å²) in [5.74, 6) is 1.11. The molecule has 2 saturated heterocycles. The molecule has 164 valence electrons. The molecule has 0 radical (unpaired) electrons. The Bertz CT molecular complexity index is 614. The molecule has 29 heavy (non-hydrogen) atoms. The maximum absolute atomic E-state index is 5.97. The first-order chi connectivity index (χ1) is 13.8. The van der Waals surface area contributed by atoms with E-state index in [9.17, 15) is 0 Å². The molecule has 2 aliphatic heterocycles. The zero-order valence-electron chi connectivity index (χ0n) is 19.2. The van der Waals surface area contributed by atoms with E-state index in [1.165, 1.54) is 5.56 Å². The highest BCUT2D eigenvalue weighted by Gasteiger charge is 2.30. The van der Waals surface area contributed by atoms with Crippen molar-refractivity contribution in [1.29, 1.82) is 0 Å². The number of piperazine rings is 2. The Hall–Kier alpha value is -1.21. The van der Waals surface area contributed by atoms with Crippen molar-refractivity contribution in [3.8, 4) is 0 Å². The molecule has 6 heteroatoms. The van der Waals surface area contributed by atoms with E-state index < -0.39 is 0 Å². The number of rotatable bonds is 7. The summed E-state index contributed by atoms with van der Waals surface area (Å²) in [7, 11) is 0. The molecule has 0 amide bonds. The Balaban J connectivity index is 1.45. The maximum atomic E-state index is 5.97. The third-order valence-electron chi connectivity index (χ3n) is 6.29. The minimum Gasteiger partial charge on any atom is -0.379 e. The van der Waals surface area contributed by atoms with E-state index in [0.29, 0.717) is 12.1 Å². The lowest BCUT2D eigenvalue weighted by Crippen LogP contribution is -2.57. The Morgan fingerprint density at radius 3 is 2.38 bits per heavy atom. The zero-order chi connectivity index (χ0) is 20.9. The predicted molar refractivity (Wildman–Crippen MR) is 121 cm³/mol. The normalized spacial score (nSPS) is 24.8. The molecule has 2 fully saturated rings. The molecule has 0 bridgehead atoms. The minimum absolute atomic E-state index is 0.152. The smallest absolute Gasteiger partial charge is 0.128 e. The van der Waals surface area contributed by atoms with E-state index in [1.54, 1.807) is 0 Å². The molecule has 1 N–H and O–H groups in total. The quantitative estimate of drug-likeness (QED) is 0.704. The van der Waals surface area contributed by atoms with Crippen LogP contribution in [0.3, 0.4) is 0 Å². The molecule has 0 aromatic carbocycles. The molecule has 1 aromatic heterocycles. The number of pyridine rings is 1. The van der Waals surface area contributed by atoms with Crippen LogP contribution in [0.25, 0.3) is 0 Å². The summed E-state index contributed by atoms with van der Waals surface area (Å²) < 4.78 is 5.97. The third kappa shape index (κ3) is 6.38. The van der Waals surface area contributed by atoms with Crippen LogP contribution >= 0.6 is 0 Å². The summed E-state index contributed by atoms with van der Waals surface area (Å²) in [6, 6.07) is 5.41. The topological polar surface area (TPSA) is 43.9 Å². The molecule has 0 saturated carbocycles. The second kappa shape index (κ2) is 10.2. The van der Waals surface area contributed by atoms with Crippen LogP contribution in [0.2, 0.25) is 0 Å². The van der Waals surface area contributed by atoms with E-state index in [1.807, 2.05) is 6.20 Å². The lowest BCUT2D eigenvalue weighted by molar-refractivity contribution is 0.0514. The van der Waals surface area contributed by atoms with Crippen molar-refractivity contribution >= 4 is 5.82 Å². The van der Waals surface area contributed by atoms with Crippen LogP contribution in [0.5, 0.6) is 0 Å². The molecule has 3 rings (SSSR count). The van der Waals surface area contributed by atoms with E-state index >= 15 is 0 Å². The summed E-state index contributed by atoms with van der Waals surface area (Å²) in [6.07, 6.45) is 1.96. The van der Waals surface area contributed by atoms with Gasteiger partial charge < -0.3 is 15.0 Å². The number of aromatic nitrogens is 1. The Morgan fingerprint density at radius 2 is 1.72 bits per heavy atom. The molecule has 0 spiro atoms. The average molecular weight is 404 g/mol. The van der Waals surface area contributed by atoms with Gasteiger partial charge >= 0.3 is 0 Å². The van der Waals surface area contributed by atoms with E-state index in [4.69, 9.17) is 4.74 Å². The SMILES string of the molecule is C[C@@H]1CN(c2cc(C(C)(C)C)ccn2)C[C@H](C)N1CCOCCN1CCNCC1. The van der Waals surface area contributed by atoms with Gasteiger partial charge in [0, 0.05) is 70.6 Å².